The van der Waals surface area contributed by atoms with E-state index in [0.717, 1.165) is 25.2 Å². The predicted molar refractivity (Wildman–Crippen MR) is 71.4 cm³/mol. The number of fused-ring (bicyclic) bond motifs is 1. The van der Waals surface area contributed by atoms with Gasteiger partial charge < -0.3 is 9.47 Å². The Morgan fingerprint density at radius 2 is 2.28 bits per heavy atom. The smallest absolute Gasteiger partial charge is 0.122 e. The molecular formula is C14H22N2O2. The number of hydrogen-bond donors (Lipinski definition) is 2. The summed E-state index contributed by atoms with van der Waals surface area (Å²) >= 11 is 0. The van der Waals surface area contributed by atoms with Gasteiger partial charge in [0.15, 0.2) is 0 Å². The molecule has 3 N–H and O–H groups in total. The summed E-state index contributed by atoms with van der Waals surface area (Å²) < 4.78 is 11.3. The molecule has 0 saturated heterocycles. The summed E-state index contributed by atoms with van der Waals surface area (Å²) in [5.41, 5.74) is 5.31. The van der Waals surface area contributed by atoms with Gasteiger partial charge in [-0.2, -0.15) is 0 Å². The molecule has 0 saturated carbocycles. The van der Waals surface area contributed by atoms with Crippen molar-refractivity contribution in [2.24, 2.45) is 5.84 Å². The second-order valence-corrected chi connectivity index (χ2v) is 4.51. The Kier molecular flexibility index (Phi) is 4.58. The minimum Gasteiger partial charge on any atom is -0.493 e. The lowest BCUT2D eigenvalue weighted by Gasteiger charge is -2.26. The molecule has 0 amide bonds. The van der Waals surface area contributed by atoms with Crippen LogP contribution >= 0.6 is 0 Å². The summed E-state index contributed by atoms with van der Waals surface area (Å²) in [5.74, 6) is 6.69. The monoisotopic (exact) mass is 250 g/mol. The van der Waals surface area contributed by atoms with Gasteiger partial charge in [0.05, 0.1) is 18.8 Å². The van der Waals surface area contributed by atoms with Crippen LogP contribution in [0.5, 0.6) is 5.75 Å². The molecule has 4 heteroatoms. The molecule has 0 aliphatic carbocycles. The van der Waals surface area contributed by atoms with Crippen LogP contribution in [0.1, 0.15) is 37.4 Å². The van der Waals surface area contributed by atoms with Crippen molar-refractivity contribution in [2.75, 3.05) is 13.2 Å². The second kappa shape index (κ2) is 6.18. The number of nitrogens with one attached hydrogen (secondary N) is 1. The summed E-state index contributed by atoms with van der Waals surface area (Å²) in [6.07, 6.45) is 2.00. The summed E-state index contributed by atoms with van der Waals surface area (Å²) in [7, 11) is 0. The van der Waals surface area contributed by atoms with Gasteiger partial charge in [-0.3, -0.25) is 11.3 Å². The van der Waals surface area contributed by atoms with E-state index in [9.17, 15) is 0 Å². The molecule has 0 fully saturated rings. The van der Waals surface area contributed by atoms with Crippen LogP contribution in [0, 0.1) is 0 Å². The van der Waals surface area contributed by atoms with Crippen molar-refractivity contribution in [3.63, 3.8) is 0 Å². The van der Waals surface area contributed by atoms with Gasteiger partial charge >= 0.3 is 0 Å². The van der Waals surface area contributed by atoms with Crippen LogP contribution in [-0.2, 0) is 11.2 Å². The zero-order chi connectivity index (χ0) is 13.0. The van der Waals surface area contributed by atoms with Crippen molar-refractivity contribution in [3.05, 3.63) is 29.3 Å². The number of ether oxygens (including phenoxy) is 2. The van der Waals surface area contributed by atoms with Crippen LogP contribution in [-0.4, -0.2) is 19.3 Å². The summed E-state index contributed by atoms with van der Waals surface area (Å²) in [6.45, 7) is 5.60. The fourth-order valence-electron chi connectivity index (χ4n) is 2.48. The number of hydrazine groups is 1. The van der Waals surface area contributed by atoms with E-state index in [1.165, 1.54) is 11.1 Å². The fraction of sp³-hybridized carbons (Fsp3) is 0.571. The van der Waals surface area contributed by atoms with Crippen molar-refractivity contribution in [2.45, 2.75) is 38.8 Å². The first-order chi connectivity index (χ1) is 8.80. The van der Waals surface area contributed by atoms with Gasteiger partial charge in [0.2, 0.25) is 0 Å². The number of rotatable bonds is 6. The Balaban J connectivity index is 2.21. The third kappa shape index (κ3) is 2.66. The molecule has 2 atom stereocenters. The molecule has 1 heterocycles. The van der Waals surface area contributed by atoms with Crippen molar-refractivity contribution in [1.82, 2.24) is 5.43 Å². The Morgan fingerprint density at radius 3 is 2.94 bits per heavy atom. The normalized spacial score (nSPS) is 17.1. The third-order valence-electron chi connectivity index (χ3n) is 3.41. The van der Waals surface area contributed by atoms with Gasteiger partial charge in [-0.25, -0.2) is 0 Å². The Labute approximate surface area is 108 Å². The van der Waals surface area contributed by atoms with Crippen LogP contribution < -0.4 is 16.0 Å². The van der Waals surface area contributed by atoms with E-state index in [2.05, 4.69) is 24.5 Å². The molecule has 1 aliphatic rings. The Morgan fingerprint density at radius 1 is 1.44 bits per heavy atom. The molecular weight excluding hydrogens is 228 g/mol. The highest BCUT2D eigenvalue weighted by Crippen LogP contribution is 2.30. The van der Waals surface area contributed by atoms with Crippen LogP contribution in [0.15, 0.2) is 18.2 Å². The maximum absolute atomic E-state index is 5.74. The molecule has 4 nitrogen and oxygen atoms in total. The van der Waals surface area contributed by atoms with E-state index in [0.29, 0.717) is 6.61 Å². The first-order valence-electron chi connectivity index (χ1n) is 6.63. The first kappa shape index (κ1) is 13.3. The maximum atomic E-state index is 5.74. The second-order valence-electron chi connectivity index (χ2n) is 4.51. The zero-order valence-electron chi connectivity index (χ0n) is 11.1. The highest BCUT2D eigenvalue weighted by atomic mass is 16.5. The molecule has 1 aliphatic heterocycles. The van der Waals surface area contributed by atoms with E-state index in [1.807, 2.05) is 13.0 Å². The average molecular weight is 250 g/mol. The largest absolute Gasteiger partial charge is 0.493 e. The van der Waals surface area contributed by atoms with Crippen molar-refractivity contribution < 1.29 is 9.47 Å². The van der Waals surface area contributed by atoms with Gasteiger partial charge in [0.1, 0.15) is 5.75 Å². The highest BCUT2D eigenvalue weighted by Gasteiger charge is 2.23. The third-order valence-corrected chi connectivity index (χ3v) is 3.41. The Bertz CT molecular complexity index is 395. The molecule has 1 aromatic carbocycles. The topological polar surface area (TPSA) is 56.5 Å². The molecule has 0 radical (unpaired) electrons. The average Bonchev–Trinajstić information content (AvgIpc) is 2.86. The van der Waals surface area contributed by atoms with Crippen LogP contribution in [0.2, 0.25) is 0 Å². The molecule has 2 rings (SSSR count). The van der Waals surface area contributed by atoms with E-state index < -0.39 is 0 Å². The molecule has 0 spiro atoms. The lowest BCUT2D eigenvalue weighted by atomic mass is 9.97. The molecule has 0 aromatic heterocycles. The number of benzene rings is 1. The summed E-state index contributed by atoms with van der Waals surface area (Å²) in [4.78, 5) is 0. The molecule has 1 aromatic rings. The zero-order valence-corrected chi connectivity index (χ0v) is 11.1. The summed E-state index contributed by atoms with van der Waals surface area (Å²) in [6, 6.07) is 6.30. The van der Waals surface area contributed by atoms with Crippen LogP contribution in [0.4, 0.5) is 0 Å². The molecule has 18 heavy (non-hydrogen) atoms. The van der Waals surface area contributed by atoms with Gasteiger partial charge in [-0.15, -0.1) is 0 Å². The van der Waals surface area contributed by atoms with Crippen molar-refractivity contribution in [3.8, 4) is 5.75 Å². The maximum Gasteiger partial charge on any atom is 0.122 e. The minimum atomic E-state index is 0.0286. The van der Waals surface area contributed by atoms with Crippen molar-refractivity contribution in [1.29, 1.82) is 0 Å². The first-order valence-corrected chi connectivity index (χ1v) is 6.63. The number of nitrogens with two attached hydrogens (primary N) is 1. The van der Waals surface area contributed by atoms with Gasteiger partial charge in [0, 0.05) is 13.0 Å². The van der Waals surface area contributed by atoms with Gasteiger partial charge in [0.25, 0.3) is 0 Å². The highest BCUT2D eigenvalue weighted by molar-refractivity contribution is 5.41. The van der Waals surface area contributed by atoms with E-state index in [4.69, 9.17) is 15.3 Å². The van der Waals surface area contributed by atoms with E-state index >= 15 is 0 Å². The van der Waals surface area contributed by atoms with Crippen LogP contribution in [0.25, 0.3) is 0 Å². The molecule has 100 valence electrons. The van der Waals surface area contributed by atoms with Gasteiger partial charge in [-0.05, 0) is 30.5 Å². The minimum absolute atomic E-state index is 0.0286. The molecule has 0 bridgehead atoms. The standard InChI is InChI=1S/C14H22N2O2/c1-3-12(17-4-2)14(16-15)11-5-6-13-10(9-11)7-8-18-13/h5-6,9,12,14,16H,3-4,7-8,15H2,1-2H3. The van der Waals surface area contributed by atoms with E-state index in [1.54, 1.807) is 0 Å². The fourth-order valence-corrected chi connectivity index (χ4v) is 2.48. The lowest BCUT2D eigenvalue weighted by molar-refractivity contribution is 0.0314. The quantitative estimate of drug-likeness (QED) is 0.598. The Hall–Kier alpha value is -1.10. The van der Waals surface area contributed by atoms with Gasteiger partial charge in [-0.1, -0.05) is 19.1 Å². The molecule has 2 unspecified atom stereocenters. The van der Waals surface area contributed by atoms with Crippen LogP contribution in [0.3, 0.4) is 0 Å². The SMILES string of the molecule is CCOC(CC)C(NN)c1ccc2c(c1)CCO2. The van der Waals surface area contributed by atoms with Crippen molar-refractivity contribution >= 4 is 0 Å². The predicted octanol–water partition coefficient (Wildman–Crippen LogP) is 1.94. The summed E-state index contributed by atoms with van der Waals surface area (Å²) in [5, 5.41) is 0. The lowest BCUT2D eigenvalue weighted by Crippen LogP contribution is -2.37. The van der Waals surface area contributed by atoms with E-state index in [-0.39, 0.29) is 12.1 Å². The number of hydrogen-bond acceptors (Lipinski definition) is 4.